The number of thiophene rings is 1. The fourth-order valence-corrected chi connectivity index (χ4v) is 9.44. The molecule has 0 saturated heterocycles. The topological polar surface area (TPSA) is 43.6 Å². The molecule has 58 heavy (non-hydrogen) atoms. The minimum absolute atomic E-state index is 0.00275. The van der Waals surface area contributed by atoms with Gasteiger partial charge >= 0.3 is 0 Å². The Labute approximate surface area is 343 Å². The van der Waals surface area contributed by atoms with Crippen molar-refractivity contribution in [3.8, 4) is 51.0 Å². The molecular weight excluding hydrogens is 725 g/mol. The molecule has 0 radical (unpaired) electrons. The molecule has 0 atom stereocenters. The Bertz CT molecular complexity index is 3050. The zero-order chi connectivity index (χ0) is 39.8. The normalized spacial score (nSPS) is 12.3. The highest BCUT2D eigenvalue weighted by Crippen LogP contribution is 2.44. The maximum Gasteiger partial charge on any atom is 0.166 e. The van der Waals surface area contributed by atoms with Crippen molar-refractivity contribution in [1.29, 1.82) is 0 Å². The molecule has 10 aromatic rings. The summed E-state index contributed by atoms with van der Waals surface area (Å²) in [5.41, 5.74) is 11.1. The van der Waals surface area contributed by atoms with E-state index in [0.717, 1.165) is 39.0 Å². The third-order valence-electron chi connectivity index (χ3n) is 11.4. The summed E-state index contributed by atoms with van der Waals surface area (Å²) in [4.78, 5) is 15.7. The Balaban J connectivity index is 1.30. The van der Waals surface area contributed by atoms with Gasteiger partial charge in [-0.05, 0) is 75.5 Å². The maximum atomic E-state index is 5.32. The second kappa shape index (κ2) is 13.6. The van der Waals surface area contributed by atoms with Gasteiger partial charge in [-0.1, -0.05) is 157 Å². The van der Waals surface area contributed by atoms with Gasteiger partial charge in [0.05, 0.1) is 16.7 Å². The predicted molar refractivity (Wildman–Crippen MR) is 246 cm³/mol. The lowest BCUT2D eigenvalue weighted by Gasteiger charge is -2.19. The van der Waals surface area contributed by atoms with Crippen molar-refractivity contribution in [2.75, 3.05) is 0 Å². The highest BCUT2D eigenvalue weighted by Gasteiger charge is 2.24. The Kier molecular flexibility index (Phi) is 8.43. The number of benzene rings is 7. The van der Waals surface area contributed by atoms with Gasteiger partial charge in [0.1, 0.15) is 0 Å². The fourth-order valence-electron chi connectivity index (χ4n) is 8.20. The molecule has 0 saturated carbocycles. The second-order valence-electron chi connectivity index (χ2n) is 17.3. The monoisotopic (exact) mass is 768 g/mol. The Morgan fingerprint density at radius 2 is 0.948 bits per heavy atom. The number of hydrogen-bond donors (Lipinski definition) is 0. The van der Waals surface area contributed by atoms with Crippen molar-refractivity contribution < 1.29 is 0 Å². The Morgan fingerprint density at radius 3 is 1.53 bits per heavy atom. The second-order valence-corrected chi connectivity index (χ2v) is 18.4. The van der Waals surface area contributed by atoms with Crippen LogP contribution in [0.3, 0.4) is 0 Å². The number of nitrogens with zero attached hydrogens (tertiary/aromatic N) is 4. The van der Waals surface area contributed by atoms with Crippen molar-refractivity contribution in [3.63, 3.8) is 0 Å². The summed E-state index contributed by atoms with van der Waals surface area (Å²) in [5.74, 6) is 1.90. The zero-order valence-corrected chi connectivity index (χ0v) is 34.5. The number of fused-ring (bicyclic) bond motifs is 6. The first-order chi connectivity index (χ1) is 28.0. The summed E-state index contributed by atoms with van der Waals surface area (Å²) in [7, 11) is 0. The number of rotatable bonds is 5. The summed E-state index contributed by atoms with van der Waals surface area (Å²) in [6, 6.07) is 56.7. The highest BCUT2D eigenvalue weighted by atomic mass is 32.1. The van der Waals surface area contributed by atoms with Crippen LogP contribution in [0, 0.1) is 0 Å². The van der Waals surface area contributed by atoms with Crippen LogP contribution < -0.4 is 0 Å². The molecule has 0 spiro atoms. The lowest BCUT2D eigenvalue weighted by molar-refractivity contribution is 0.590. The van der Waals surface area contributed by atoms with E-state index in [1.54, 1.807) is 0 Å². The van der Waals surface area contributed by atoms with Gasteiger partial charge in [-0.3, -0.25) is 0 Å². The predicted octanol–water partition coefficient (Wildman–Crippen LogP) is 14.6. The molecule has 0 aliphatic carbocycles. The summed E-state index contributed by atoms with van der Waals surface area (Å²) in [6.07, 6.45) is 0. The van der Waals surface area contributed by atoms with Crippen LogP contribution in [0.1, 0.15) is 52.7 Å². The van der Waals surface area contributed by atoms with Crippen molar-refractivity contribution in [2.24, 2.45) is 0 Å². The van der Waals surface area contributed by atoms with E-state index in [2.05, 4.69) is 167 Å². The van der Waals surface area contributed by atoms with Crippen LogP contribution in [0.15, 0.2) is 158 Å². The molecule has 0 bridgehead atoms. The third-order valence-corrected chi connectivity index (χ3v) is 12.6. The third kappa shape index (κ3) is 6.18. The highest BCUT2D eigenvalue weighted by molar-refractivity contribution is 7.26. The molecule has 0 unspecified atom stereocenters. The van der Waals surface area contributed by atoms with E-state index in [4.69, 9.17) is 15.0 Å². The van der Waals surface area contributed by atoms with Gasteiger partial charge in [0.15, 0.2) is 17.5 Å². The fraction of sp³-hybridized carbons (Fsp3) is 0.151. The molecule has 3 heterocycles. The Hall–Kier alpha value is -6.43. The molecular formula is C53H44N4S. The Morgan fingerprint density at radius 1 is 0.414 bits per heavy atom. The first kappa shape index (κ1) is 35.9. The molecule has 5 heteroatoms. The lowest BCUT2D eigenvalue weighted by Crippen LogP contribution is -2.10. The van der Waals surface area contributed by atoms with E-state index in [-0.39, 0.29) is 10.8 Å². The smallest absolute Gasteiger partial charge is 0.166 e. The van der Waals surface area contributed by atoms with E-state index in [0.29, 0.717) is 17.5 Å². The summed E-state index contributed by atoms with van der Waals surface area (Å²) in [5, 5.41) is 5.04. The molecule has 10 rings (SSSR count). The van der Waals surface area contributed by atoms with E-state index in [1.807, 2.05) is 47.7 Å². The van der Waals surface area contributed by atoms with Crippen molar-refractivity contribution in [2.45, 2.75) is 52.4 Å². The van der Waals surface area contributed by atoms with Crippen LogP contribution in [0.25, 0.3) is 93.0 Å². The zero-order valence-electron chi connectivity index (χ0n) is 33.7. The molecule has 282 valence electrons. The van der Waals surface area contributed by atoms with Crippen LogP contribution in [0.2, 0.25) is 0 Å². The first-order valence-corrected chi connectivity index (χ1v) is 20.8. The maximum absolute atomic E-state index is 5.32. The van der Waals surface area contributed by atoms with Crippen molar-refractivity contribution >= 4 is 53.3 Å². The van der Waals surface area contributed by atoms with Crippen molar-refractivity contribution in [3.05, 3.63) is 169 Å². The number of aromatic nitrogens is 4. The average Bonchev–Trinajstić information content (AvgIpc) is 3.78. The molecule has 0 N–H and O–H groups in total. The standard InChI is InChI=1S/C53H44N4S/c1-52(2,3)36-25-28-44-41(31-36)42-32-37(53(4,5)6)26-29-45(42)57(44)46-27-24-35(38-21-15-22-40-39-20-13-14-23-47(39)58-48(38)40)30-43(46)51-55-49(33-16-9-7-10-17-33)54-50(56-51)34-18-11-8-12-19-34/h7-32H,1-6H3. The molecule has 0 aliphatic rings. The van der Waals surface area contributed by atoms with Crippen LogP contribution in [-0.4, -0.2) is 19.5 Å². The van der Waals surface area contributed by atoms with E-state index in [1.165, 1.54) is 47.6 Å². The van der Waals surface area contributed by atoms with E-state index >= 15 is 0 Å². The summed E-state index contributed by atoms with van der Waals surface area (Å²) >= 11 is 1.85. The van der Waals surface area contributed by atoms with Gasteiger partial charge in [-0.15, -0.1) is 11.3 Å². The lowest BCUT2D eigenvalue weighted by atomic mass is 9.85. The molecule has 0 fully saturated rings. The minimum Gasteiger partial charge on any atom is -0.309 e. The van der Waals surface area contributed by atoms with Gasteiger partial charge in [0, 0.05) is 47.6 Å². The molecule has 0 amide bonds. The molecule has 4 nitrogen and oxygen atoms in total. The summed E-state index contributed by atoms with van der Waals surface area (Å²) in [6.45, 7) is 13.7. The van der Waals surface area contributed by atoms with Gasteiger partial charge in [-0.25, -0.2) is 15.0 Å². The van der Waals surface area contributed by atoms with Gasteiger partial charge in [0.25, 0.3) is 0 Å². The van der Waals surface area contributed by atoms with Gasteiger partial charge < -0.3 is 4.57 Å². The van der Waals surface area contributed by atoms with E-state index < -0.39 is 0 Å². The largest absolute Gasteiger partial charge is 0.309 e. The first-order valence-electron chi connectivity index (χ1n) is 20.0. The van der Waals surface area contributed by atoms with Crippen LogP contribution in [0.5, 0.6) is 0 Å². The minimum atomic E-state index is -0.00275. The number of hydrogen-bond acceptors (Lipinski definition) is 4. The average molecular weight is 769 g/mol. The van der Waals surface area contributed by atoms with Crippen LogP contribution in [-0.2, 0) is 10.8 Å². The van der Waals surface area contributed by atoms with Gasteiger partial charge in [-0.2, -0.15) is 0 Å². The molecule has 0 aliphatic heterocycles. The van der Waals surface area contributed by atoms with E-state index in [9.17, 15) is 0 Å². The van der Waals surface area contributed by atoms with Crippen LogP contribution in [0.4, 0.5) is 0 Å². The SMILES string of the molecule is CC(C)(C)c1ccc2c(c1)c1cc(C(C)(C)C)ccc1n2-c1ccc(-c2cccc3c2sc2ccccc23)cc1-c1nc(-c2ccccc2)nc(-c2ccccc2)n1. The molecule has 3 aromatic heterocycles. The quantitative estimate of drug-likeness (QED) is 0.175. The van der Waals surface area contributed by atoms with Crippen LogP contribution >= 0.6 is 11.3 Å². The van der Waals surface area contributed by atoms with Gasteiger partial charge in [0.2, 0.25) is 0 Å². The molecule has 7 aromatic carbocycles. The van der Waals surface area contributed by atoms with Crippen molar-refractivity contribution in [1.82, 2.24) is 19.5 Å². The summed E-state index contributed by atoms with van der Waals surface area (Å²) < 4.78 is 4.99.